The molecule has 2 unspecified atom stereocenters. The van der Waals surface area contributed by atoms with Crippen LogP contribution in [0.1, 0.15) is 39.0 Å². The van der Waals surface area contributed by atoms with Crippen LogP contribution in [-0.4, -0.2) is 73.1 Å². The number of nitrogens with zero attached hydrogens (tertiary/aromatic N) is 3. The molecule has 21 heavy (non-hydrogen) atoms. The number of hydrogen-bond donors (Lipinski definition) is 0. The summed E-state index contributed by atoms with van der Waals surface area (Å²) in [5, 5.41) is 0. The molecule has 0 spiro atoms. The van der Waals surface area contributed by atoms with Crippen molar-refractivity contribution in [1.29, 1.82) is 0 Å². The van der Waals surface area contributed by atoms with E-state index in [0.717, 1.165) is 45.2 Å². The van der Waals surface area contributed by atoms with E-state index in [-0.39, 0.29) is 12.1 Å². The van der Waals surface area contributed by atoms with Crippen molar-refractivity contribution in [3.63, 3.8) is 0 Å². The molecule has 7 heteroatoms. The van der Waals surface area contributed by atoms with Crippen molar-refractivity contribution in [2.45, 2.75) is 51.1 Å². The largest absolute Gasteiger partial charge is 0.305 e. The van der Waals surface area contributed by atoms with E-state index in [2.05, 4.69) is 18.9 Å². The number of likely N-dealkylation sites (N-methyl/N-ethyl adjacent to an activating group) is 1. The number of halogens is 1. The van der Waals surface area contributed by atoms with Gasteiger partial charge in [0.25, 0.3) is 10.2 Å². The van der Waals surface area contributed by atoms with Crippen molar-refractivity contribution in [1.82, 2.24) is 13.5 Å². The van der Waals surface area contributed by atoms with Crippen LogP contribution >= 0.6 is 11.6 Å². The first-order chi connectivity index (χ1) is 10.0. The highest BCUT2D eigenvalue weighted by Gasteiger charge is 2.39. The van der Waals surface area contributed by atoms with Gasteiger partial charge in [0, 0.05) is 37.6 Å². The average molecular weight is 338 g/mol. The fourth-order valence-corrected chi connectivity index (χ4v) is 5.97. The number of piperidine rings is 1. The molecule has 0 aromatic heterocycles. The van der Waals surface area contributed by atoms with E-state index >= 15 is 0 Å². The molecule has 2 rings (SSSR count). The first-order valence-corrected chi connectivity index (χ1v) is 9.97. The summed E-state index contributed by atoms with van der Waals surface area (Å²) in [5.41, 5.74) is 0. The molecule has 0 aromatic carbocycles. The highest BCUT2D eigenvalue weighted by molar-refractivity contribution is 7.86. The molecule has 0 aromatic rings. The Morgan fingerprint density at radius 3 is 2.38 bits per heavy atom. The van der Waals surface area contributed by atoms with Crippen LogP contribution in [0.2, 0.25) is 0 Å². The fraction of sp³-hybridized carbons (Fsp3) is 1.00. The van der Waals surface area contributed by atoms with Crippen LogP contribution in [0.25, 0.3) is 0 Å². The smallest absolute Gasteiger partial charge is 0.282 e. The van der Waals surface area contributed by atoms with Gasteiger partial charge in [-0.1, -0.05) is 13.3 Å². The van der Waals surface area contributed by atoms with Gasteiger partial charge >= 0.3 is 0 Å². The van der Waals surface area contributed by atoms with E-state index in [1.54, 1.807) is 8.61 Å². The maximum atomic E-state index is 13.1. The zero-order valence-electron chi connectivity index (χ0n) is 13.2. The lowest BCUT2D eigenvalue weighted by molar-refractivity contribution is 0.220. The number of hydrogen-bond acceptors (Lipinski definition) is 3. The summed E-state index contributed by atoms with van der Waals surface area (Å²) in [6.45, 7) is 5.08. The first kappa shape index (κ1) is 17.5. The lowest BCUT2D eigenvalue weighted by atomic mass is 10.1. The summed E-state index contributed by atoms with van der Waals surface area (Å²) in [4.78, 5) is 2.24. The summed E-state index contributed by atoms with van der Waals surface area (Å²) in [6.07, 6.45) is 4.64. The quantitative estimate of drug-likeness (QED) is 0.734. The fourth-order valence-electron chi connectivity index (χ4n) is 3.42. The van der Waals surface area contributed by atoms with Gasteiger partial charge in [0.2, 0.25) is 0 Å². The van der Waals surface area contributed by atoms with Gasteiger partial charge in [-0.25, -0.2) is 0 Å². The molecule has 2 atom stereocenters. The SMILES string of the molecule is CCC1CN(C)CCCN1S(=O)(=O)N1CCCCC1CCl. The van der Waals surface area contributed by atoms with Gasteiger partial charge in [-0.2, -0.15) is 17.0 Å². The molecule has 2 aliphatic rings. The maximum Gasteiger partial charge on any atom is 0.282 e. The van der Waals surface area contributed by atoms with Crippen LogP contribution in [0.4, 0.5) is 0 Å². The minimum Gasteiger partial charge on any atom is -0.305 e. The van der Waals surface area contributed by atoms with Crippen molar-refractivity contribution < 1.29 is 8.42 Å². The van der Waals surface area contributed by atoms with Gasteiger partial charge in [0.1, 0.15) is 0 Å². The Bertz CT molecular complexity index is 432. The summed E-state index contributed by atoms with van der Waals surface area (Å²) >= 11 is 6.01. The Morgan fingerprint density at radius 1 is 1.05 bits per heavy atom. The third-order valence-corrected chi connectivity index (χ3v) is 7.17. The van der Waals surface area contributed by atoms with Gasteiger partial charge in [0.05, 0.1) is 0 Å². The average Bonchev–Trinajstić information content (AvgIpc) is 2.68. The molecular weight excluding hydrogens is 310 g/mol. The van der Waals surface area contributed by atoms with E-state index in [1.165, 1.54) is 0 Å². The second-order valence-corrected chi connectivity index (χ2v) is 8.35. The number of rotatable bonds is 4. The summed E-state index contributed by atoms with van der Waals surface area (Å²) in [7, 11) is -1.33. The van der Waals surface area contributed by atoms with Gasteiger partial charge in [-0.15, -0.1) is 11.6 Å². The Balaban J connectivity index is 2.23. The topological polar surface area (TPSA) is 43.9 Å². The minimum atomic E-state index is -3.40. The molecule has 0 bridgehead atoms. The lowest BCUT2D eigenvalue weighted by Crippen LogP contribution is -2.54. The summed E-state index contributed by atoms with van der Waals surface area (Å²) < 4.78 is 29.6. The van der Waals surface area contributed by atoms with Crippen molar-refractivity contribution in [3.8, 4) is 0 Å². The first-order valence-electron chi connectivity index (χ1n) is 8.03. The van der Waals surface area contributed by atoms with E-state index in [1.807, 2.05) is 0 Å². The van der Waals surface area contributed by atoms with E-state index in [0.29, 0.717) is 19.0 Å². The van der Waals surface area contributed by atoms with E-state index < -0.39 is 10.2 Å². The van der Waals surface area contributed by atoms with Crippen molar-refractivity contribution in [2.75, 3.05) is 39.1 Å². The molecule has 2 heterocycles. The monoisotopic (exact) mass is 337 g/mol. The lowest BCUT2D eigenvalue weighted by Gasteiger charge is -2.39. The van der Waals surface area contributed by atoms with Gasteiger partial charge < -0.3 is 4.90 Å². The van der Waals surface area contributed by atoms with E-state index in [9.17, 15) is 8.42 Å². The van der Waals surface area contributed by atoms with Crippen LogP contribution in [0.15, 0.2) is 0 Å². The predicted octanol–water partition coefficient (Wildman–Crippen LogP) is 1.74. The Kier molecular flexibility index (Phi) is 6.32. The Labute approximate surface area is 134 Å². The summed E-state index contributed by atoms with van der Waals surface area (Å²) in [6, 6.07) is 0.0318. The van der Waals surface area contributed by atoms with Gasteiger partial charge in [0.15, 0.2) is 0 Å². The van der Waals surface area contributed by atoms with Crippen LogP contribution in [0.3, 0.4) is 0 Å². The van der Waals surface area contributed by atoms with Crippen LogP contribution in [0.5, 0.6) is 0 Å². The molecule has 0 saturated carbocycles. The minimum absolute atomic E-state index is 0.0381. The Hall–Kier alpha value is 0.120. The normalized spacial score (nSPS) is 31.2. The zero-order chi connectivity index (χ0) is 15.5. The van der Waals surface area contributed by atoms with Crippen LogP contribution in [-0.2, 0) is 10.2 Å². The maximum absolute atomic E-state index is 13.1. The molecule has 5 nitrogen and oxygen atoms in total. The highest BCUT2D eigenvalue weighted by Crippen LogP contribution is 2.26. The second-order valence-electron chi connectivity index (χ2n) is 6.21. The summed E-state index contributed by atoms with van der Waals surface area (Å²) in [5.74, 6) is 0.393. The van der Waals surface area contributed by atoms with Crippen LogP contribution in [0, 0.1) is 0 Å². The van der Waals surface area contributed by atoms with Crippen molar-refractivity contribution in [2.24, 2.45) is 0 Å². The molecule has 2 fully saturated rings. The molecule has 0 N–H and O–H groups in total. The molecule has 2 aliphatic heterocycles. The molecule has 0 aliphatic carbocycles. The van der Waals surface area contributed by atoms with E-state index in [4.69, 9.17) is 11.6 Å². The number of alkyl halides is 1. The molecular formula is C14H28ClN3O2S. The third kappa shape index (κ3) is 3.91. The predicted molar refractivity (Wildman–Crippen MR) is 86.9 cm³/mol. The molecule has 124 valence electrons. The van der Waals surface area contributed by atoms with Crippen LogP contribution < -0.4 is 0 Å². The molecule has 2 saturated heterocycles. The van der Waals surface area contributed by atoms with Crippen molar-refractivity contribution >= 4 is 21.8 Å². The zero-order valence-corrected chi connectivity index (χ0v) is 14.7. The highest BCUT2D eigenvalue weighted by atomic mass is 35.5. The van der Waals surface area contributed by atoms with Gasteiger partial charge in [-0.3, -0.25) is 0 Å². The second kappa shape index (κ2) is 7.59. The third-order valence-electron chi connectivity index (χ3n) is 4.66. The van der Waals surface area contributed by atoms with Gasteiger partial charge in [-0.05, 0) is 39.3 Å². The Morgan fingerprint density at radius 2 is 1.71 bits per heavy atom. The standard InChI is InChI=1S/C14H28ClN3O2S/c1-3-13-12-16(2)8-6-10-17(13)21(19,20)18-9-5-4-7-14(18)11-15/h13-14H,3-12H2,1-2H3. The molecule has 0 amide bonds. The van der Waals surface area contributed by atoms with Crippen molar-refractivity contribution in [3.05, 3.63) is 0 Å². The molecule has 0 radical (unpaired) electrons.